The highest BCUT2D eigenvalue weighted by Gasteiger charge is 2.43. The Kier molecular flexibility index (Phi) is 1.72. The number of rotatable bonds is 1. The summed E-state index contributed by atoms with van der Waals surface area (Å²) in [5, 5.41) is 0. The van der Waals surface area contributed by atoms with Crippen molar-refractivity contribution in [1.29, 1.82) is 0 Å². The highest BCUT2D eigenvalue weighted by Crippen LogP contribution is 2.30. The standard InChI is InChI=1S/C8H9NO4/c1-12-8(11)2-5-4-9-6(10)3-7(9)13-5/h2,7H,3-4H2,1H3. The third-order valence-electron chi connectivity index (χ3n) is 2.11. The van der Waals surface area contributed by atoms with Crippen LogP contribution in [0.5, 0.6) is 0 Å². The molecule has 0 aromatic heterocycles. The van der Waals surface area contributed by atoms with Crippen molar-refractivity contribution < 1.29 is 19.1 Å². The van der Waals surface area contributed by atoms with Crippen molar-refractivity contribution in [2.24, 2.45) is 0 Å². The molecule has 2 fully saturated rings. The first kappa shape index (κ1) is 8.10. The molecule has 0 aromatic rings. The zero-order valence-electron chi connectivity index (χ0n) is 7.15. The molecule has 0 N–H and O–H groups in total. The Labute approximate surface area is 74.9 Å². The van der Waals surface area contributed by atoms with E-state index in [1.54, 1.807) is 4.90 Å². The van der Waals surface area contributed by atoms with Crippen molar-refractivity contribution in [1.82, 2.24) is 4.90 Å². The molecule has 5 heteroatoms. The fraction of sp³-hybridized carbons (Fsp3) is 0.500. The first-order valence-electron chi connectivity index (χ1n) is 3.95. The minimum absolute atomic E-state index is 0.0678. The van der Waals surface area contributed by atoms with Crippen LogP contribution in [0.25, 0.3) is 0 Å². The molecule has 0 aromatic carbocycles. The lowest BCUT2D eigenvalue weighted by molar-refractivity contribution is -0.154. The fourth-order valence-corrected chi connectivity index (χ4v) is 1.37. The topological polar surface area (TPSA) is 55.8 Å². The molecule has 2 rings (SSSR count). The molecule has 1 atom stereocenters. The molecule has 0 bridgehead atoms. The van der Waals surface area contributed by atoms with E-state index in [1.807, 2.05) is 0 Å². The third-order valence-corrected chi connectivity index (χ3v) is 2.11. The number of β-lactam (4-membered cyclic amide) rings is 1. The number of carbonyl (C=O) groups excluding carboxylic acids is 2. The second-order valence-corrected chi connectivity index (χ2v) is 2.93. The van der Waals surface area contributed by atoms with Gasteiger partial charge in [0.2, 0.25) is 5.91 Å². The molecule has 0 radical (unpaired) electrons. The van der Waals surface area contributed by atoms with Crippen LogP contribution in [0.3, 0.4) is 0 Å². The monoisotopic (exact) mass is 183 g/mol. The average molecular weight is 183 g/mol. The van der Waals surface area contributed by atoms with Gasteiger partial charge in [0.25, 0.3) is 0 Å². The van der Waals surface area contributed by atoms with Gasteiger partial charge >= 0.3 is 5.97 Å². The number of esters is 1. The molecule has 2 aliphatic rings. The van der Waals surface area contributed by atoms with E-state index in [0.717, 1.165) is 0 Å². The van der Waals surface area contributed by atoms with Gasteiger partial charge in [0.1, 0.15) is 5.76 Å². The van der Waals surface area contributed by atoms with Crippen LogP contribution >= 0.6 is 0 Å². The van der Waals surface area contributed by atoms with Gasteiger partial charge in [0.05, 0.1) is 26.2 Å². The number of hydrogen-bond acceptors (Lipinski definition) is 4. The molecule has 2 heterocycles. The second kappa shape index (κ2) is 2.76. The first-order chi connectivity index (χ1) is 6.20. The van der Waals surface area contributed by atoms with Crippen molar-refractivity contribution in [3.63, 3.8) is 0 Å². The molecule has 0 aliphatic carbocycles. The van der Waals surface area contributed by atoms with E-state index < -0.39 is 5.97 Å². The van der Waals surface area contributed by atoms with Crippen LogP contribution in [0.4, 0.5) is 0 Å². The molecule has 2 saturated heterocycles. The van der Waals surface area contributed by atoms with E-state index in [9.17, 15) is 9.59 Å². The van der Waals surface area contributed by atoms with Crippen molar-refractivity contribution >= 4 is 11.9 Å². The van der Waals surface area contributed by atoms with Crippen LogP contribution in [0.15, 0.2) is 11.8 Å². The SMILES string of the molecule is COC(=O)C=C1CN2C(=O)CC2O1. The molecule has 1 unspecified atom stereocenters. The van der Waals surface area contributed by atoms with Crippen LogP contribution in [0.2, 0.25) is 0 Å². The molecule has 0 spiro atoms. The molecule has 13 heavy (non-hydrogen) atoms. The summed E-state index contributed by atoms with van der Waals surface area (Å²) in [6.45, 7) is 0.388. The molecule has 5 nitrogen and oxygen atoms in total. The lowest BCUT2D eigenvalue weighted by Crippen LogP contribution is -2.48. The van der Waals surface area contributed by atoms with Gasteiger partial charge in [-0.25, -0.2) is 4.79 Å². The maximum atomic E-state index is 10.9. The number of nitrogens with zero attached hydrogens (tertiary/aromatic N) is 1. The Morgan fingerprint density at radius 3 is 3.08 bits per heavy atom. The molecule has 0 saturated carbocycles. The summed E-state index contributed by atoms with van der Waals surface area (Å²) in [5.74, 6) is 0.117. The lowest BCUT2D eigenvalue weighted by atomic mass is 10.2. The van der Waals surface area contributed by atoms with Gasteiger partial charge in [0.15, 0.2) is 6.23 Å². The average Bonchev–Trinajstić information content (AvgIpc) is 2.42. The Balaban J connectivity index is 2.02. The summed E-state index contributed by atoms with van der Waals surface area (Å²) in [6.07, 6.45) is 1.54. The van der Waals surface area contributed by atoms with Gasteiger partial charge < -0.3 is 9.47 Å². The lowest BCUT2D eigenvalue weighted by Gasteiger charge is -2.30. The summed E-state index contributed by atoms with van der Waals surface area (Å²) in [5.41, 5.74) is 0. The predicted molar refractivity (Wildman–Crippen MR) is 41.3 cm³/mol. The maximum absolute atomic E-state index is 10.9. The number of carbonyl (C=O) groups is 2. The van der Waals surface area contributed by atoms with Crippen LogP contribution in [0.1, 0.15) is 6.42 Å². The highest BCUT2D eigenvalue weighted by molar-refractivity contribution is 5.85. The molecule has 2 aliphatic heterocycles. The van der Waals surface area contributed by atoms with E-state index >= 15 is 0 Å². The summed E-state index contributed by atoms with van der Waals surface area (Å²) < 4.78 is 9.70. The summed E-state index contributed by atoms with van der Waals surface area (Å²) >= 11 is 0. The molecular weight excluding hydrogens is 174 g/mol. The first-order valence-corrected chi connectivity index (χ1v) is 3.95. The number of ether oxygens (including phenoxy) is 2. The summed E-state index contributed by atoms with van der Waals surface area (Å²) in [7, 11) is 1.30. The van der Waals surface area contributed by atoms with E-state index in [2.05, 4.69) is 4.74 Å². The number of hydrogen-bond donors (Lipinski definition) is 0. The zero-order valence-corrected chi connectivity index (χ0v) is 7.15. The minimum Gasteiger partial charge on any atom is -0.472 e. The van der Waals surface area contributed by atoms with Crippen LogP contribution < -0.4 is 0 Å². The zero-order chi connectivity index (χ0) is 9.42. The minimum atomic E-state index is -0.454. The van der Waals surface area contributed by atoms with Crippen molar-refractivity contribution in [3.05, 3.63) is 11.8 Å². The fourth-order valence-electron chi connectivity index (χ4n) is 1.37. The van der Waals surface area contributed by atoms with Crippen molar-refractivity contribution in [2.45, 2.75) is 12.6 Å². The largest absolute Gasteiger partial charge is 0.472 e. The number of fused-ring (bicyclic) bond motifs is 1. The highest BCUT2D eigenvalue weighted by atomic mass is 16.5. The van der Waals surface area contributed by atoms with E-state index in [-0.39, 0.29) is 12.1 Å². The van der Waals surface area contributed by atoms with E-state index in [4.69, 9.17) is 4.74 Å². The van der Waals surface area contributed by atoms with Gasteiger partial charge in [0, 0.05) is 0 Å². The van der Waals surface area contributed by atoms with Gasteiger partial charge in [-0.1, -0.05) is 0 Å². The van der Waals surface area contributed by atoms with Crippen LogP contribution in [-0.2, 0) is 19.1 Å². The van der Waals surface area contributed by atoms with E-state index in [0.29, 0.717) is 18.7 Å². The van der Waals surface area contributed by atoms with Crippen LogP contribution in [0, 0.1) is 0 Å². The van der Waals surface area contributed by atoms with Gasteiger partial charge in [-0.05, 0) is 0 Å². The maximum Gasteiger partial charge on any atom is 0.333 e. The Morgan fingerprint density at radius 1 is 1.77 bits per heavy atom. The molecule has 70 valence electrons. The summed E-state index contributed by atoms with van der Waals surface area (Å²) in [6, 6.07) is 0. The van der Waals surface area contributed by atoms with Gasteiger partial charge in [-0.2, -0.15) is 0 Å². The Morgan fingerprint density at radius 2 is 2.54 bits per heavy atom. The predicted octanol–water partition coefficient (Wildman–Crippen LogP) is -0.368. The number of methoxy groups -OCH3 is 1. The quantitative estimate of drug-likeness (QED) is 0.316. The molecule has 1 amide bonds. The Bertz CT molecular complexity index is 297. The molecular formula is C8H9NO4. The second-order valence-electron chi connectivity index (χ2n) is 2.93. The van der Waals surface area contributed by atoms with Gasteiger partial charge in [-0.3, -0.25) is 9.69 Å². The van der Waals surface area contributed by atoms with Crippen molar-refractivity contribution in [2.75, 3.05) is 13.7 Å². The Hall–Kier alpha value is -1.52. The number of amides is 1. The van der Waals surface area contributed by atoms with E-state index in [1.165, 1.54) is 13.2 Å². The van der Waals surface area contributed by atoms with Crippen molar-refractivity contribution in [3.8, 4) is 0 Å². The summed E-state index contributed by atoms with van der Waals surface area (Å²) in [4.78, 5) is 23.3. The normalized spacial score (nSPS) is 28.1. The third kappa shape index (κ3) is 1.26. The van der Waals surface area contributed by atoms with Crippen LogP contribution in [-0.4, -0.2) is 36.7 Å². The smallest absolute Gasteiger partial charge is 0.333 e. The van der Waals surface area contributed by atoms with Gasteiger partial charge in [-0.15, -0.1) is 0 Å².